The normalized spacial score (nSPS) is 15.3. The number of halogens is 1. The minimum atomic E-state index is 0.454. The van der Waals surface area contributed by atoms with Crippen molar-refractivity contribution in [2.45, 2.75) is 6.92 Å². The van der Waals surface area contributed by atoms with Crippen LogP contribution < -0.4 is 14.8 Å². The van der Waals surface area contributed by atoms with Gasteiger partial charge in [-0.2, -0.15) is 0 Å². The lowest BCUT2D eigenvalue weighted by Gasteiger charge is -2.21. The average Bonchev–Trinajstić information content (AvgIpc) is 2.36. The van der Waals surface area contributed by atoms with Crippen molar-refractivity contribution in [1.82, 2.24) is 0 Å². The first-order valence-electron chi connectivity index (χ1n) is 6.02. The Kier molecular flexibility index (Phi) is 4.72. The van der Waals surface area contributed by atoms with Crippen molar-refractivity contribution in [2.75, 3.05) is 38.8 Å². The molecule has 1 unspecified atom stereocenters. The van der Waals surface area contributed by atoms with Gasteiger partial charge in [-0.05, 0) is 21.8 Å². The highest BCUT2D eigenvalue weighted by atomic mass is 79.9. The lowest BCUT2D eigenvalue weighted by molar-refractivity contribution is 0.164. The van der Waals surface area contributed by atoms with Gasteiger partial charge in [0.25, 0.3) is 0 Å². The van der Waals surface area contributed by atoms with Gasteiger partial charge in [-0.15, -0.1) is 0 Å². The Balaban J connectivity index is 2.04. The van der Waals surface area contributed by atoms with Crippen LogP contribution in [-0.4, -0.2) is 33.5 Å². The van der Waals surface area contributed by atoms with Crippen LogP contribution in [0.2, 0.25) is 0 Å². The van der Waals surface area contributed by atoms with Crippen molar-refractivity contribution in [3.63, 3.8) is 0 Å². The maximum atomic E-state index is 5.56. The van der Waals surface area contributed by atoms with E-state index >= 15 is 0 Å². The lowest BCUT2D eigenvalue weighted by atomic mass is 10.2. The van der Waals surface area contributed by atoms with Crippen LogP contribution in [0.25, 0.3) is 0 Å². The molecule has 0 bridgehead atoms. The van der Waals surface area contributed by atoms with Crippen LogP contribution in [0.15, 0.2) is 16.6 Å². The number of benzene rings is 1. The highest BCUT2D eigenvalue weighted by molar-refractivity contribution is 9.10. The Morgan fingerprint density at radius 2 is 2.00 bits per heavy atom. The second-order valence-corrected chi connectivity index (χ2v) is 5.27. The summed E-state index contributed by atoms with van der Waals surface area (Å²) < 4.78 is 17.2. The van der Waals surface area contributed by atoms with E-state index in [0.717, 1.165) is 34.8 Å². The Morgan fingerprint density at radius 3 is 2.67 bits per heavy atom. The summed E-state index contributed by atoms with van der Waals surface area (Å²) in [7, 11) is 1.72. The van der Waals surface area contributed by atoms with Crippen LogP contribution in [0.4, 0.5) is 5.69 Å². The maximum Gasteiger partial charge on any atom is 0.163 e. The van der Waals surface area contributed by atoms with Gasteiger partial charge in [-0.3, -0.25) is 0 Å². The Bertz CT molecular complexity index is 411. The molecule has 1 atom stereocenters. The predicted molar refractivity (Wildman–Crippen MR) is 74.7 cm³/mol. The molecule has 4 nitrogen and oxygen atoms in total. The first-order valence-corrected chi connectivity index (χ1v) is 6.82. The first kappa shape index (κ1) is 13.5. The number of hydrogen-bond acceptors (Lipinski definition) is 4. The Hall–Kier alpha value is -0.940. The van der Waals surface area contributed by atoms with Crippen molar-refractivity contribution in [1.29, 1.82) is 0 Å². The molecular formula is C13H18BrNO3. The van der Waals surface area contributed by atoms with E-state index < -0.39 is 0 Å². The summed E-state index contributed by atoms with van der Waals surface area (Å²) in [5.74, 6) is 2.05. The lowest BCUT2D eigenvalue weighted by Crippen LogP contribution is -2.18. The summed E-state index contributed by atoms with van der Waals surface area (Å²) in [6.07, 6.45) is 0. The number of hydrogen-bond donors (Lipinski definition) is 1. The third kappa shape index (κ3) is 3.29. The molecule has 0 saturated heterocycles. The monoisotopic (exact) mass is 315 g/mol. The molecule has 1 aliphatic heterocycles. The van der Waals surface area contributed by atoms with Gasteiger partial charge in [0, 0.05) is 30.3 Å². The predicted octanol–water partition coefficient (Wildman–Crippen LogP) is 2.91. The number of fused-ring (bicyclic) bond motifs is 1. The number of ether oxygens (including phenoxy) is 3. The van der Waals surface area contributed by atoms with E-state index in [4.69, 9.17) is 14.2 Å². The zero-order chi connectivity index (χ0) is 13.0. The minimum absolute atomic E-state index is 0.454. The summed E-state index contributed by atoms with van der Waals surface area (Å²) in [6.45, 7) is 4.95. The van der Waals surface area contributed by atoms with Crippen molar-refractivity contribution >= 4 is 21.6 Å². The summed E-state index contributed by atoms with van der Waals surface area (Å²) in [4.78, 5) is 0. The molecule has 1 aromatic carbocycles. The van der Waals surface area contributed by atoms with Crippen LogP contribution in [0, 0.1) is 5.92 Å². The highest BCUT2D eigenvalue weighted by Gasteiger charge is 2.15. The first-order chi connectivity index (χ1) is 8.70. The molecule has 2 rings (SSSR count). The fourth-order valence-electron chi connectivity index (χ4n) is 1.83. The van der Waals surface area contributed by atoms with Crippen LogP contribution in [0.1, 0.15) is 6.92 Å². The summed E-state index contributed by atoms with van der Waals surface area (Å²) >= 11 is 3.54. The Labute approximate surface area is 116 Å². The number of anilines is 1. The highest BCUT2D eigenvalue weighted by Crippen LogP contribution is 2.38. The minimum Gasteiger partial charge on any atom is -0.486 e. The van der Waals surface area contributed by atoms with Gasteiger partial charge in [0.05, 0.1) is 12.3 Å². The number of methoxy groups -OCH3 is 1. The van der Waals surface area contributed by atoms with Gasteiger partial charge in [0.2, 0.25) is 0 Å². The van der Waals surface area contributed by atoms with Crippen LogP contribution in [0.5, 0.6) is 11.5 Å². The summed E-state index contributed by atoms with van der Waals surface area (Å²) in [6, 6.07) is 3.91. The smallest absolute Gasteiger partial charge is 0.163 e. The number of rotatable bonds is 5. The van der Waals surface area contributed by atoms with Crippen molar-refractivity contribution in [3.05, 3.63) is 16.6 Å². The molecule has 1 aromatic rings. The van der Waals surface area contributed by atoms with E-state index in [-0.39, 0.29) is 0 Å². The van der Waals surface area contributed by atoms with E-state index in [9.17, 15) is 0 Å². The van der Waals surface area contributed by atoms with Crippen molar-refractivity contribution < 1.29 is 14.2 Å². The molecule has 1 aliphatic rings. The van der Waals surface area contributed by atoms with Crippen LogP contribution in [-0.2, 0) is 4.74 Å². The molecule has 0 aliphatic carbocycles. The molecular weight excluding hydrogens is 298 g/mol. The Morgan fingerprint density at radius 1 is 1.33 bits per heavy atom. The third-order valence-corrected chi connectivity index (χ3v) is 3.38. The molecule has 100 valence electrons. The second kappa shape index (κ2) is 6.29. The molecule has 0 aromatic heterocycles. The topological polar surface area (TPSA) is 39.7 Å². The maximum absolute atomic E-state index is 5.56. The third-order valence-electron chi connectivity index (χ3n) is 2.72. The summed E-state index contributed by atoms with van der Waals surface area (Å²) in [5.41, 5.74) is 1.02. The van der Waals surface area contributed by atoms with E-state index in [0.29, 0.717) is 19.1 Å². The van der Waals surface area contributed by atoms with Crippen LogP contribution >= 0.6 is 15.9 Å². The molecule has 18 heavy (non-hydrogen) atoms. The van der Waals surface area contributed by atoms with E-state index in [1.165, 1.54) is 0 Å². The fourth-order valence-corrected chi connectivity index (χ4v) is 2.29. The van der Waals surface area contributed by atoms with Gasteiger partial charge < -0.3 is 19.5 Å². The largest absolute Gasteiger partial charge is 0.486 e. The van der Waals surface area contributed by atoms with Gasteiger partial charge in [0.15, 0.2) is 11.5 Å². The zero-order valence-corrected chi connectivity index (χ0v) is 12.2. The quantitative estimate of drug-likeness (QED) is 0.907. The molecule has 0 spiro atoms. The molecule has 1 heterocycles. The summed E-state index contributed by atoms with van der Waals surface area (Å²) in [5, 5.41) is 3.39. The van der Waals surface area contributed by atoms with Crippen molar-refractivity contribution in [3.8, 4) is 11.5 Å². The molecule has 1 N–H and O–H groups in total. The van der Waals surface area contributed by atoms with Crippen LogP contribution in [0.3, 0.4) is 0 Å². The molecule has 0 fully saturated rings. The average molecular weight is 316 g/mol. The van der Waals surface area contributed by atoms with E-state index in [1.54, 1.807) is 7.11 Å². The molecule has 0 saturated carbocycles. The van der Waals surface area contributed by atoms with E-state index in [1.807, 2.05) is 12.1 Å². The van der Waals surface area contributed by atoms with Gasteiger partial charge in [0.1, 0.15) is 13.2 Å². The van der Waals surface area contributed by atoms with Gasteiger partial charge in [-0.25, -0.2) is 0 Å². The zero-order valence-electron chi connectivity index (χ0n) is 10.7. The second-order valence-electron chi connectivity index (χ2n) is 4.42. The number of nitrogens with one attached hydrogen (secondary N) is 1. The van der Waals surface area contributed by atoms with Crippen molar-refractivity contribution in [2.24, 2.45) is 5.92 Å². The SMILES string of the molecule is COCC(C)CNc1cc2c(cc1Br)OCCO2. The van der Waals surface area contributed by atoms with Gasteiger partial charge >= 0.3 is 0 Å². The molecule has 5 heteroatoms. The standard InChI is InChI=1S/C13H18BrNO3/c1-9(8-16-2)7-15-11-6-13-12(5-10(11)14)17-3-4-18-13/h5-6,9,15H,3-4,7-8H2,1-2H3. The van der Waals surface area contributed by atoms with Gasteiger partial charge in [-0.1, -0.05) is 6.92 Å². The van der Waals surface area contributed by atoms with E-state index in [2.05, 4.69) is 28.2 Å². The molecule has 0 radical (unpaired) electrons. The fraction of sp³-hybridized carbons (Fsp3) is 0.538. The molecule has 0 amide bonds.